The van der Waals surface area contributed by atoms with Crippen LogP contribution in [0.25, 0.3) is 0 Å². The predicted octanol–water partition coefficient (Wildman–Crippen LogP) is 3.91. The minimum atomic E-state index is -4.48. The van der Waals surface area contributed by atoms with Crippen molar-refractivity contribution in [3.8, 4) is 0 Å². The summed E-state index contributed by atoms with van der Waals surface area (Å²) in [5.74, 6) is 1.69. The third-order valence-corrected chi connectivity index (χ3v) is 7.11. The predicted molar refractivity (Wildman–Crippen MR) is 106 cm³/mol. The Hall–Kier alpha value is -2.32. The maximum atomic E-state index is 13.3. The fourth-order valence-corrected chi connectivity index (χ4v) is 5.41. The van der Waals surface area contributed by atoms with Gasteiger partial charge in [-0.3, -0.25) is 9.48 Å². The molecule has 0 bridgehead atoms. The van der Waals surface area contributed by atoms with E-state index in [0.717, 1.165) is 43.6 Å². The van der Waals surface area contributed by atoms with Gasteiger partial charge in [-0.25, -0.2) is 0 Å². The highest BCUT2D eigenvalue weighted by Crippen LogP contribution is 2.38. The second kappa shape index (κ2) is 7.67. The summed E-state index contributed by atoms with van der Waals surface area (Å²) >= 11 is 0. The summed E-state index contributed by atoms with van der Waals surface area (Å²) in [6.45, 7) is 3.27. The molecule has 1 aliphatic heterocycles. The van der Waals surface area contributed by atoms with Crippen molar-refractivity contribution < 1.29 is 22.5 Å². The monoisotopic (exact) mass is 436 g/mol. The van der Waals surface area contributed by atoms with Gasteiger partial charge in [0.1, 0.15) is 12.3 Å². The number of hydrogen-bond acceptors (Lipinski definition) is 4. The molecule has 0 spiro atoms. The molecule has 0 radical (unpaired) electrons. The van der Waals surface area contributed by atoms with E-state index >= 15 is 0 Å². The van der Waals surface area contributed by atoms with Gasteiger partial charge in [-0.15, -0.1) is 0 Å². The molecule has 0 unspecified atom stereocenters. The third kappa shape index (κ3) is 3.76. The van der Waals surface area contributed by atoms with E-state index in [0.29, 0.717) is 44.0 Å². The van der Waals surface area contributed by atoms with Gasteiger partial charge in [0.15, 0.2) is 5.69 Å². The number of nitrogens with zero attached hydrogens (tertiary/aromatic N) is 4. The first-order valence-corrected chi connectivity index (χ1v) is 11.2. The first kappa shape index (κ1) is 20.6. The molecule has 2 aromatic heterocycles. The van der Waals surface area contributed by atoms with E-state index in [9.17, 15) is 18.0 Å². The number of likely N-dealkylation sites (tertiary alicyclic amines) is 1. The lowest BCUT2D eigenvalue weighted by molar-refractivity contribution is -0.142. The van der Waals surface area contributed by atoms with Gasteiger partial charge in [0.2, 0.25) is 5.91 Å². The Morgan fingerprint density at radius 3 is 2.65 bits per heavy atom. The number of amides is 1. The fraction of sp³-hybridized carbons (Fsp3) is 0.682. The number of fused-ring (bicyclic) bond motifs is 2. The first-order chi connectivity index (χ1) is 14.8. The maximum absolute atomic E-state index is 13.3. The summed E-state index contributed by atoms with van der Waals surface area (Å²) in [7, 11) is 0. The Bertz CT molecular complexity index is 986. The van der Waals surface area contributed by atoms with Crippen LogP contribution in [-0.2, 0) is 43.2 Å². The molecule has 6 nitrogen and oxygen atoms in total. The average molecular weight is 436 g/mol. The lowest BCUT2D eigenvalue weighted by Gasteiger charge is -2.31. The zero-order chi connectivity index (χ0) is 21.8. The van der Waals surface area contributed by atoms with Crippen LogP contribution >= 0.6 is 0 Å². The van der Waals surface area contributed by atoms with Crippen LogP contribution < -0.4 is 0 Å². The van der Waals surface area contributed by atoms with Crippen LogP contribution in [0.2, 0.25) is 0 Å². The smallest absolute Gasteiger partial charge is 0.361 e. The number of carbonyl (C=O) groups is 1. The fourth-order valence-electron chi connectivity index (χ4n) is 5.41. The maximum Gasteiger partial charge on any atom is 0.435 e. The molecule has 3 aliphatic rings. The van der Waals surface area contributed by atoms with Gasteiger partial charge in [0.25, 0.3) is 0 Å². The van der Waals surface area contributed by atoms with E-state index in [1.165, 1.54) is 10.2 Å². The number of halogens is 3. The normalized spacial score (nSPS) is 21.9. The van der Waals surface area contributed by atoms with E-state index in [4.69, 9.17) is 4.52 Å². The molecule has 1 fully saturated rings. The molecule has 31 heavy (non-hydrogen) atoms. The minimum absolute atomic E-state index is 0.127. The van der Waals surface area contributed by atoms with E-state index in [2.05, 4.69) is 17.2 Å². The molecule has 0 aromatic carbocycles. The van der Waals surface area contributed by atoms with Crippen molar-refractivity contribution in [1.82, 2.24) is 19.8 Å². The van der Waals surface area contributed by atoms with E-state index in [1.54, 1.807) is 4.90 Å². The van der Waals surface area contributed by atoms with Gasteiger partial charge >= 0.3 is 6.18 Å². The summed E-state index contributed by atoms with van der Waals surface area (Å²) < 4.78 is 46.8. The summed E-state index contributed by atoms with van der Waals surface area (Å²) in [6.07, 6.45) is 1.79. The Morgan fingerprint density at radius 2 is 1.90 bits per heavy atom. The molecule has 1 amide bonds. The summed E-state index contributed by atoms with van der Waals surface area (Å²) in [5.41, 5.74) is 2.35. The Morgan fingerprint density at radius 1 is 1.13 bits per heavy atom. The SMILES string of the molecule is C[C@@H]1CCc2noc(C3CCN(C(=O)Cn4nc(C(F)(F)F)c5c4CCC5)CC3)c2C1. The van der Waals surface area contributed by atoms with Crippen LogP contribution in [0, 0.1) is 5.92 Å². The molecular formula is C22H27F3N4O2. The molecule has 9 heteroatoms. The number of alkyl halides is 3. The van der Waals surface area contributed by atoms with Crippen LogP contribution in [0.3, 0.4) is 0 Å². The Balaban J connectivity index is 1.24. The molecule has 0 N–H and O–H groups in total. The highest BCUT2D eigenvalue weighted by atomic mass is 19.4. The van der Waals surface area contributed by atoms with Crippen LogP contribution in [0.4, 0.5) is 13.2 Å². The third-order valence-electron chi connectivity index (χ3n) is 7.11. The van der Waals surface area contributed by atoms with Gasteiger partial charge in [-0.2, -0.15) is 18.3 Å². The number of piperidine rings is 1. The number of aromatic nitrogens is 3. The molecule has 3 heterocycles. The van der Waals surface area contributed by atoms with E-state index in [1.807, 2.05) is 0 Å². The molecular weight excluding hydrogens is 409 g/mol. The van der Waals surface area contributed by atoms with Gasteiger partial charge in [0, 0.05) is 35.8 Å². The van der Waals surface area contributed by atoms with Crippen LogP contribution in [0.1, 0.15) is 72.5 Å². The highest BCUT2D eigenvalue weighted by molar-refractivity contribution is 5.76. The zero-order valence-electron chi connectivity index (χ0n) is 17.7. The Labute approximate surface area is 178 Å². The topological polar surface area (TPSA) is 64.2 Å². The standard InChI is InChI=1S/C22H27F3N4O2/c1-13-5-6-17-16(11-13)20(31-27-17)14-7-9-28(10-8-14)19(30)12-29-18-4-2-3-15(18)21(26-29)22(23,24)25/h13-14H,2-12H2,1H3/t13-/m1/s1. The molecule has 0 saturated carbocycles. The van der Waals surface area contributed by atoms with Crippen molar-refractivity contribution in [2.24, 2.45) is 5.92 Å². The molecule has 1 atom stereocenters. The lowest BCUT2D eigenvalue weighted by Crippen LogP contribution is -2.40. The van der Waals surface area contributed by atoms with Crippen molar-refractivity contribution in [2.75, 3.05) is 13.1 Å². The number of hydrogen-bond donors (Lipinski definition) is 0. The van der Waals surface area contributed by atoms with Gasteiger partial charge in [-0.1, -0.05) is 12.1 Å². The van der Waals surface area contributed by atoms with Crippen molar-refractivity contribution in [2.45, 2.75) is 76.9 Å². The van der Waals surface area contributed by atoms with Crippen molar-refractivity contribution in [1.29, 1.82) is 0 Å². The van der Waals surface area contributed by atoms with Crippen LogP contribution in [0.5, 0.6) is 0 Å². The summed E-state index contributed by atoms with van der Waals surface area (Å²) in [5, 5.41) is 8.04. The van der Waals surface area contributed by atoms with Crippen molar-refractivity contribution >= 4 is 5.91 Å². The van der Waals surface area contributed by atoms with Gasteiger partial charge in [0.05, 0.1) is 5.69 Å². The molecule has 1 saturated heterocycles. The molecule has 168 valence electrons. The molecule has 2 aliphatic carbocycles. The lowest BCUT2D eigenvalue weighted by atomic mass is 9.83. The summed E-state index contributed by atoms with van der Waals surface area (Å²) in [4.78, 5) is 14.6. The van der Waals surface area contributed by atoms with Gasteiger partial charge in [-0.05, 0) is 57.3 Å². The largest absolute Gasteiger partial charge is 0.435 e. The second-order valence-electron chi connectivity index (χ2n) is 9.26. The Kier molecular flexibility index (Phi) is 5.09. The minimum Gasteiger partial charge on any atom is -0.361 e. The number of rotatable bonds is 3. The van der Waals surface area contributed by atoms with Crippen LogP contribution in [0.15, 0.2) is 4.52 Å². The van der Waals surface area contributed by atoms with E-state index in [-0.39, 0.29) is 23.9 Å². The average Bonchev–Trinajstić information content (AvgIpc) is 3.43. The van der Waals surface area contributed by atoms with Crippen molar-refractivity contribution in [3.05, 3.63) is 34.0 Å². The second-order valence-corrected chi connectivity index (χ2v) is 9.26. The summed E-state index contributed by atoms with van der Waals surface area (Å²) in [6, 6.07) is 0. The molecule has 5 rings (SSSR count). The van der Waals surface area contributed by atoms with Gasteiger partial charge < -0.3 is 9.42 Å². The zero-order valence-corrected chi connectivity index (χ0v) is 17.7. The van der Waals surface area contributed by atoms with E-state index < -0.39 is 11.9 Å². The molecule has 2 aromatic rings. The number of carbonyl (C=O) groups excluding carboxylic acids is 1. The van der Waals surface area contributed by atoms with Crippen LogP contribution in [-0.4, -0.2) is 38.8 Å². The first-order valence-electron chi connectivity index (χ1n) is 11.2. The highest BCUT2D eigenvalue weighted by Gasteiger charge is 2.40. The quantitative estimate of drug-likeness (QED) is 0.732. The van der Waals surface area contributed by atoms with Crippen molar-refractivity contribution in [3.63, 3.8) is 0 Å². The number of aryl methyl sites for hydroxylation is 1.